The monoisotopic (exact) mass is 457 g/mol. The summed E-state index contributed by atoms with van der Waals surface area (Å²) in [5, 5.41) is 14.1. The molecule has 9 nitrogen and oxygen atoms in total. The number of likely N-dealkylation sites (N-methyl/N-ethyl adjacent to an activating group) is 1. The Morgan fingerprint density at radius 3 is 2.73 bits per heavy atom. The summed E-state index contributed by atoms with van der Waals surface area (Å²) in [5.41, 5.74) is 0.642. The molecule has 0 unspecified atom stereocenters. The molecule has 3 amide bonds. The molecule has 0 bridgehead atoms. The van der Waals surface area contributed by atoms with Gasteiger partial charge in [-0.25, -0.2) is 9.18 Å². The normalized spacial score (nSPS) is 22.2. The van der Waals surface area contributed by atoms with Crippen molar-refractivity contribution in [1.82, 2.24) is 4.90 Å². The predicted molar refractivity (Wildman–Crippen MR) is 117 cm³/mol. The highest BCUT2D eigenvalue weighted by Gasteiger charge is 2.39. The molecule has 0 spiro atoms. The lowest BCUT2D eigenvalue weighted by Gasteiger charge is -2.42. The van der Waals surface area contributed by atoms with Crippen LogP contribution in [-0.2, 0) is 9.53 Å². The minimum atomic E-state index is -0.931. The number of urea groups is 1. The van der Waals surface area contributed by atoms with Gasteiger partial charge in [0.1, 0.15) is 24.3 Å². The minimum absolute atomic E-state index is 0.0323. The Morgan fingerprint density at radius 1 is 1.18 bits per heavy atom. The fourth-order valence-corrected chi connectivity index (χ4v) is 4.15. The smallest absolute Gasteiger partial charge is 0.323 e. The molecular weight excluding hydrogens is 433 g/mol. The molecule has 174 valence electrons. The average molecular weight is 457 g/mol. The van der Waals surface area contributed by atoms with Gasteiger partial charge >= 0.3 is 12.0 Å². The van der Waals surface area contributed by atoms with Crippen molar-refractivity contribution in [3.8, 4) is 5.75 Å². The van der Waals surface area contributed by atoms with Crippen molar-refractivity contribution in [2.75, 3.05) is 24.3 Å². The second kappa shape index (κ2) is 9.45. The number of halogens is 1. The zero-order chi connectivity index (χ0) is 23.5. The number of ether oxygens (including phenoxy) is 2. The number of nitrogens with one attached hydrogen (secondary N) is 2. The third kappa shape index (κ3) is 5.06. The highest BCUT2D eigenvalue weighted by molar-refractivity contribution is 6.02. The molecule has 33 heavy (non-hydrogen) atoms. The lowest BCUT2D eigenvalue weighted by molar-refractivity contribution is -0.148. The quantitative estimate of drug-likeness (QED) is 0.649. The third-order valence-electron chi connectivity index (χ3n) is 5.79. The van der Waals surface area contributed by atoms with Crippen LogP contribution in [0.15, 0.2) is 42.5 Å². The minimum Gasteiger partial charge on any atom is -0.490 e. The summed E-state index contributed by atoms with van der Waals surface area (Å²) in [7, 11) is 1.67. The number of hydrogen-bond donors (Lipinski definition) is 3. The van der Waals surface area contributed by atoms with Crippen LogP contribution >= 0.6 is 0 Å². The molecule has 3 N–H and O–H groups in total. The van der Waals surface area contributed by atoms with Crippen LogP contribution < -0.4 is 15.4 Å². The summed E-state index contributed by atoms with van der Waals surface area (Å²) in [5.74, 6) is -1.47. The molecule has 0 saturated carbocycles. The maximum absolute atomic E-state index is 13.8. The van der Waals surface area contributed by atoms with Crippen molar-refractivity contribution in [2.24, 2.45) is 0 Å². The van der Waals surface area contributed by atoms with Crippen molar-refractivity contribution < 1.29 is 33.4 Å². The molecule has 2 aromatic carbocycles. The summed E-state index contributed by atoms with van der Waals surface area (Å²) < 4.78 is 25.5. The molecule has 0 radical (unpaired) electrons. The SMILES string of the molecule is CN1C(=O)c2cc(NC(=O)Nc3ccccc3F)ccc2OC[C@H]2O[C@@H](CC(=O)O)CC[C@H]21. The first-order valence-corrected chi connectivity index (χ1v) is 10.6. The lowest BCUT2D eigenvalue weighted by atomic mass is 9.94. The summed E-state index contributed by atoms with van der Waals surface area (Å²) in [6.45, 7) is 0.159. The van der Waals surface area contributed by atoms with Gasteiger partial charge < -0.3 is 30.1 Å². The highest BCUT2D eigenvalue weighted by atomic mass is 19.1. The number of rotatable bonds is 4. The van der Waals surface area contributed by atoms with Crippen LogP contribution in [0.3, 0.4) is 0 Å². The van der Waals surface area contributed by atoms with Crippen molar-refractivity contribution >= 4 is 29.3 Å². The van der Waals surface area contributed by atoms with Gasteiger partial charge in [-0.2, -0.15) is 0 Å². The molecule has 2 aliphatic rings. The number of para-hydroxylation sites is 1. The molecule has 1 fully saturated rings. The number of fused-ring (bicyclic) bond motifs is 2. The molecule has 2 aromatic rings. The van der Waals surface area contributed by atoms with Crippen LogP contribution in [0.1, 0.15) is 29.6 Å². The van der Waals surface area contributed by atoms with Crippen molar-refractivity contribution in [2.45, 2.75) is 37.5 Å². The van der Waals surface area contributed by atoms with Crippen LogP contribution in [0.25, 0.3) is 0 Å². The lowest BCUT2D eigenvalue weighted by Crippen LogP contribution is -2.53. The Bertz CT molecular complexity index is 1080. The Hall–Kier alpha value is -3.66. The fraction of sp³-hybridized carbons (Fsp3) is 0.348. The number of nitrogens with zero attached hydrogens (tertiary/aromatic N) is 1. The van der Waals surface area contributed by atoms with Gasteiger partial charge in [0.25, 0.3) is 5.91 Å². The summed E-state index contributed by atoms with van der Waals surface area (Å²) in [6, 6.07) is 9.51. The summed E-state index contributed by atoms with van der Waals surface area (Å²) >= 11 is 0. The van der Waals surface area contributed by atoms with E-state index in [2.05, 4.69) is 10.6 Å². The van der Waals surface area contributed by atoms with E-state index < -0.39 is 30.0 Å². The largest absolute Gasteiger partial charge is 0.490 e. The summed E-state index contributed by atoms with van der Waals surface area (Å²) in [6.07, 6.45) is 0.146. The van der Waals surface area contributed by atoms with E-state index in [9.17, 15) is 18.8 Å². The van der Waals surface area contributed by atoms with E-state index in [-0.39, 0.29) is 36.2 Å². The van der Waals surface area contributed by atoms with Crippen LogP contribution in [0.4, 0.5) is 20.6 Å². The highest BCUT2D eigenvalue weighted by Crippen LogP contribution is 2.32. The molecule has 2 aliphatic heterocycles. The first-order chi connectivity index (χ1) is 15.8. The molecule has 0 aliphatic carbocycles. The zero-order valence-corrected chi connectivity index (χ0v) is 17.9. The third-order valence-corrected chi connectivity index (χ3v) is 5.79. The first-order valence-electron chi connectivity index (χ1n) is 10.6. The second-order valence-electron chi connectivity index (χ2n) is 8.04. The van der Waals surface area contributed by atoms with Gasteiger partial charge in [0.15, 0.2) is 0 Å². The number of aliphatic carboxylic acids is 1. The number of amides is 3. The van der Waals surface area contributed by atoms with Gasteiger partial charge in [-0.3, -0.25) is 9.59 Å². The molecule has 1 saturated heterocycles. The van der Waals surface area contributed by atoms with Crippen LogP contribution in [0.2, 0.25) is 0 Å². The number of carbonyl (C=O) groups is 3. The molecule has 3 atom stereocenters. The second-order valence-corrected chi connectivity index (χ2v) is 8.04. The fourth-order valence-electron chi connectivity index (χ4n) is 4.15. The number of carboxylic acid groups (broad SMARTS) is 1. The van der Waals surface area contributed by atoms with E-state index >= 15 is 0 Å². The Balaban J connectivity index is 1.49. The number of benzene rings is 2. The molecular formula is C23H24FN3O6. The number of anilines is 2. The maximum Gasteiger partial charge on any atom is 0.323 e. The zero-order valence-electron chi connectivity index (χ0n) is 17.9. The Kier molecular flexibility index (Phi) is 6.45. The Morgan fingerprint density at radius 2 is 1.97 bits per heavy atom. The molecule has 4 rings (SSSR count). The molecule has 10 heteroatoms. The van der Waals surface area contributed by atoms with E-state index in [1.807, 2.05) is 0 Å². The van der Waals surface area contributed by atoms with E-state index in [1.165, 1.54) is 24.3 Å². The van der Waals surface area contributed by atoms with Gasteiger partial charge in [0.2, 0.25) is 0 Å². The van der Waals surface area contributed by atoms with Gasteiger partial charge in [0, 0.05) is 12.7 Å². The van der Waals surface area contributed by atoms with Crippen molar-refractivity contribution in [1.29, 1.82) is 0 Å². The van der Waals surface area contributed by atoms with Crippen molar-refractivity contribution in [3.63, 3.8) is 0 Å². The van der Waals surface area contributed by atoms with E-state index in [1.54, 1.807) is 30.1 Å². The van der Waals surface area contributed by atoms with Gasteiger partial charge in [-0.1, -0.05) is 12.1 Å². The summed E-state index contributed by atoms with van der Waals surface area (Å²) in [4.78, 5) is 38.1. The number of carboxylic acids is 1. The first kappa shape index (κ1) is 22.5. The molecule has 0 aromatic heterocycles. The van der Waals surface area contributed by atoms with E-state index in [0.717, 1.165) is 0 Å². The topological polar surface area (TPSA) is 117 Å². The van der Waals surface area contributed by atoms with Crippen molar-refractivity contribution in [3.05, 3.63) is 53.8 Å². The van der Waals surface area contributed by atoms with Crippen LogP contribution in [0, 0.1) is 5.82 Å². The van der Waals surface area contributed by atoms with Gasteiger partial charge in [0.05, 0.1) is 29.8 Å². The van der Waals surface area contributed by atoms with Gasteiger partial charge in [-0.05, 0) is 43.2 Å². The number of carbonyl (C=O) groups excluding carboxylic acids is 2. The van der Waals surface area contributed by atoms with E-state index in [0.29, 0.717) is 24.3 Å². The van der Waals surface area contributed by atoms with Crippen LogP contribution in [0.5, 0.6) is 5.75 Å². The average Bonchev–Trinajstić information content (AvgIpc) is 2.78. The standard InChI is InChI=1S/C23H24FN3O6/c1-27-18-8-7-14(11-21(28)29)33-20(18)12-32-19-9-6-13(10-15(19)22(27)30)25-23(31)26-17-5-3-2-4-16(17)24/h2-6,9-10,14,18,20H,7-8,11-12H2,1H3,(H,28,29)(H2,25,26,31)/t14-,18-,20-/m1/s1. The molecule has 2 heterocycles. The Labute approximate surface area is 189 Å². The predicted octanol–water partition coefficient (Wildman–Crippen LogP) is 3.33. The van der Waals surface area contributed by atoms with E-state index in [4.69, 9.17) is 14.6 Å². The van der Waals surface area contributed by atoms with Crippen LogP contribution in [-0.4, -0.2) is 59.8 Å². The maximum atomic E-state index is 13.8. The number of hydrogen-bond acceptors (Lipinski definition) is 5. The van der Waals surface area contributed by atoms with Gasteiger partial charge in [-0.15, -0.1) is 0 Å².